The van der Waals surface area contributed by atoms with Crippen LogP contribution in [-0.2, 0) is 19.1 Å². The Labute approximate surface area is 196 Å². The zero-order valence-electron chi connectivity index (χ0n) is 17.0. The number of benzene rings is 2. The SMILES string of the molecule is CCOc1cc(/C=C2\N=C(c3ccc([N+](=O)[O-])cc3)OC2=O)cc(I)c1OCC(=O)OC. The van der Waals surface area contributed by atoms with E-state index in [2.05, 4.69) is 9.73 Å². The van der Waals surface area contributed by atoms with Gasteiger partial charge in [0.2, 0.25) is 5.90 Å². The molecule has 166 valence electrons. The second kappa shape index (κ2) is 10.2. The molecule has 0 amide bonds. The highest BCUT2D eigenvalue weighted by Gasteiger charge is 2.25. The Hall–Kier alpha value is -3.48. The minimum absolute atomic E-state index is 0.0499. The lowest BCUT2D eigenvalue weighted by Crippen LogP contribution is -2.14. The minimum Gasteiger partial charge on any atom is -0.490 e. The summed E-state index contributed by atoms with van der Waals surface area (Å²) in [5, 5.41) is 10.8. The number of ether oxygens (including phenoxy) is 4. The van der Waals surface area contributed by atoms with Gasteiger partial charge in [-0.15, -0.1) is 0 Å². The van der Waals surface area contributed by atoms with Gasteiger partial charge in [0.15, 0.2) is 23.8 Å². The first-order valence-corrected chi connectivity index (χ1v) is 10.3. The standard InChI is InChI=1S/C21H17IN2O8/c1-3-30-17-10-12(8-15(22)19(17)31-11-18(25)29-2)9-16-21(26)32-20(23-16)13-4-6-14(7-5-13)24(27)28/h4-10H,3,11H2,1-2H3/b16-9-. The van der Waals surface area contributed by atoms with Crippen LogP contribution in [0.5, 0.6) is 11.5 Å². The number of non-ortho nitro benzene ring substituents is 1. The van der Waals surface area contributed by atoms with Crippen LogP contribution >= 0.6 is 22.6 Å². The van der Waals surface area contributed by atoms with Crippen molar-refractivity contribution in [3.63, 3.8) is 0 Å². The zero-order chi connectivity index (χ0) is 23.3. The predicted molar refractivity (Wildman–Crippen MR) is 122 cm³/mol. The maximum Gasteiger partial charge on any atom is 0.363 e. The Morgan fingerprint density at radius 1 is 1.25 bits per heavy atom. The Morgan fingerprint density at radius 3 is 2.59 bits per heavy atom. The molecule has 0 spiro atoms. The molecule has 0 N–H and O–H groups in total. The summed E-state index contributed by atoms with van der Waals surface area (Å²) in [5.41, 5.74) is 1.01. The van der Waals surface area contributed by atoms with Crippen molar-refractivity contribution in [1.29, 1.82) is 0 Å². The van der Waals surface area contributed by atoms with Crippen LogP contribution in [0.3, 0.4) is 0 Å². The van der Waals surface area contributed by atoms with Gasteiger partial charge in [-0.1, -0.05) is 0 Å². The summed E-state index contributed by atoms with van der Waals surface area (Å²) in [6, 6.07) is 8.90. The Bertz CT molecular complexity index is 1130. The lowest BCUT2D eigenvalue weighted by atomic mass is 10.1. The van der Waals surface area contributed by atoms with Crippen molar-refractivity contribution in [3.8, 4) is 11.5 Å². The topological polar surface area (TPSA) is 127 Å². The molecule has 2 aromatic rings. The van der Waals surface area contributed by atoms with Gasteiger partial charge in [-0.3, -0.25) is 10.1 Å². The van der Waals surface area contributed by atoms with E-state index in [-0.39, 0.29) is 23.9 Å². The highest BCUT2D eigenvalue weighted by Crippen LogP contribution is 2.35. The summed E-state index contributed by atoms with van der Waals surface area (Å²) in [6.07, 6.45) is 1.52. The van der Waals surface area contributed by atoms with Crippen molar-refractivity contribution in [2.75, 3.05) is 20.3 Å². The van der Waals surface area contributed by atoms with Crippen LogP contribution in [0.2, 0.25) is 0 Å². The first kappa shape index (κ1) is 23.2. The molecule has 0 fully saturated rings. The number of nitro groups is 1. The summed E-state index contributed by atoms with van der Waals surface area (Å²) in [5.74, 6) is -0.368. The molecular formula is C21H17IN2O8. The highest BCUT2D eigenvalue weighted by atomic mass is 127. The molecule has 0 aromatic heterocycles. The Balaban J connectivity index is 1.90. The molecule has 11 heteroatoms. The van der Waals surface area contributed by atoms with Gasteiger partial charge >= 0.3 is 11.9 Å². The number of esters is 2. The molecule has 0 bridgehead atoms. The lowest BCUT2D eigenvalue weighted by molar-refractivity contribution is -0.384. The first-order valence-electron chi connectivity index (χ1n) is 9.25. The van der Waals surface area contributed by atoms with E-state index in [4.69, 9.17) is 14.2 Å². The third-order valence-electron chi connectivity index (χ3n) is 4.14. The second-order valence-corrected chi connectivity index (χ2v) is 7.43. The molecule has 2 aromatic carbocycles. The normalized spacial score (nSPS) is 14.0. The molecule has 1 aliphatic rings. The molecule has 3 rings (SSSR count). The van der Waals surface area contributed by atoms with Gasteiger partial charge in [-0.2, -0.15) is 0 Å². The third kappa shape index (κ3) is 5.41. The van der Waals surface area contributed by atoms with Crippen LogP contribution in [0.15, 0.2) is 47.1 Å². The average molecular weight is 552 g/mol. The predicted octanol–water partition coefficient (Wildman–Crippen LogP) is 3.49. The van der Waals surface area contributed by atoms with Crippen LogP contribution in [0.1, 0.15) is 18.1 Å². The average Bonchev–Trinajstić information content (AvgIpc) is 3.13. The van der Waals surface area contributed by atoms with Crippen molar-refractivity contribution in [1.82, 2.24) is 0 Å². The number of aliphatic imine (C=N–C) groups is 1. The van der Waals surface area contributed by atoms with Gasteiger partial charge in [-0.05, 0) is 65.4 Å². The molecule has 0 saturated heterocycles. The first-order chi connectivity index (χ1) is 15.3. The summed E-state index contributed by atoms with van der Waals surface area (Å²) >= 11 is 2.03. The van der Waals surface area contributed by atoms with E-state index in [1.54, 1.807) is 19.1 Å². The highest BCUT2D eigenvalue weighted by molar-refractivity contribution is 14.1. The maximum absolute atomic E-state index is 12.3. The van der Waals surface area contributed by atoms with Crippen molar-refractivity contribution in [2.24, 2.45) is 4.99 Å². The van der Waals surface area contributed by atoms with Gasteiger partial charge in [0.05, 0.1) is 22.2 Å². The fraction of sp³-hybridized carbons (Fsp3) is 0.190. The fourth-order valence-corrected chi connectivity index (χ4v) is 3.46. The van der Waals surface area contributed by atoms with Crippen LogP contribution in [0, 0.1) is 13.7 Å². The van der Waals surface area contributed by atoms with Crippen LogP contribution in [-0.4, -0.2) is 43.1 Å². The number of hydrogen-bond acceptors (Lipinski definition) is 9. The largest absolute Gasteiger partial charge is 0.490 e. The van der Waals surface area contributed by atoms with E-state index in [0.717, 1.165) is 0 Å². The molecule has 0 atom stereocenters. The van der Waals surface area contributed by atoms with Crippen molar-refractivity contribution < 1.29 is 33.5 Å². The molecule has 0 unspecified atom stereocenters. The van der Waals surface area contributed by atoms with E-state index >= 15 is 0 Å². The number of carbonyl (C=O) groups excluding carboxylic acids is 2. The Morgan fingerprint density at radius 2 is 1.97 bits per heavy atom. The number of carbonyl (C=O) groups is 2. The van der Waals surface area contributed by atoms with Crippen molar-refractivity contribution >= 4 is 52.2 Å². The van der Waals surface area contributed by atoms with E-state index in [1.165, 1.54) is 37.5 Å². The van der Waals surface area contributed by atoms with E-state index < -0.39 is 16.9 Å². The summed E-state index contributed by atoms with van der Waals surface area (Å²) in [7, 11) is 1.27. The zero-order valence-corrected chi connectivity index (χ0v) is 19.2. The number of nitro benzene ring substituents is 1. The molecule has 1 heterocycles. The van der Waals surface area contributed by atoms with E-state index in [1.807, 2.05) is 22.6 Å². The summed E-state index contributed by atoms with van der Waals surface area (Å²) in [4.78, 5) is 38.2. The number of halogens is 1. The fourth-order valence-electron chi connectivity index (χ4n) is 2.68. The van der Waals surface area contributed by atoms with E-state index in [0.29, 0.717) is 32.8 Å². The number of rotatable bonds is 8. The minimum atomic E-state index is -0.655. The number of cyclic esters (lactones) is 1. The van der Waals surface area contributed by atoms with Gasteiger partial charge < -0.3 is 18.9 Å². The van der Waals surface area contributed by atoms with Gasteiger partial charge in [0.1, 0.15) is 0 Å². The van der Waals surface area contributed by atoms with Gasteiger partial charge in [0, 0.05) is 17.7 Å². The molecule has 0 radical (unpaired) electrons. The maximum atomic E-state index is 12.3. The summed E-state index contributed by atoms with van der Waals surface area (Å²) in [6.45, 7) is 1.88. The van der Waals surface area contributed by atoms with Gasteiger partial charge in [0.25, 0.3) is 5.69 Å². The molecule has 0 aliphatic carbocycles. The smallest absolute Gasteiger partial charge is 0.363 e. The monoisotopic (exact) mass is 552 g/mol. The second-order valence-electron chi connectivity index (χ2n) is 6.27. The molecule has 0 saturated carbocycles. The van der Waals surface area contributed by atoms with Crippen LogP contribution < -0.4 is 9.47 Å². The quantitative estimate of drug-likeness (QED) is 0.160. The molecular weight excluding hydrogens is 535 g/mol. The third-order valence-corrected chi connectivity index (χ3v) is 4.94. The van der Waals surface area contributed by atoms with Crippen LogP contribution in [0.4, 0.5) is 5.69 Å². The number of methoxy groups -OCH3 is 1. The van der Waals surface area contributed by atoms with E-state index in [9.17, 15) is 19.7 Å². The molecule has 1 aliphatic heterocycles. The molecule has 32 heavy (non-hydrogen) atoms. The van der Waals surface area contributed by atoms with Crippen molar-refractivity contribution in [3.05, 3.63) is 66.9 Å². The van der Waals surface area contributed by atoms with Gasteiger partial charge in [-0.25, -0.2) is 14.6 Å². The summed E-state index contributed by atoms with van der Waals surface area (Å²) < 4.78 is 21.6. The number of nitrogens with zero attached hydrogens (tertiary/aromatic N) is 2. The van der Waals surface area contributed by atoms with Crippen molar-refractivity contribution in [2.45, 2.75) is 6.92 Å². The Kier molecular flexibility index (Phi) is 7.41. The van der Waals surface area contributed by atoms with Crippen LogP contribution in [0.25, 0.3) is 6.08 Å². The lowest BCUT2D eigenvalue weighted by Gasteiger charge is -2.14. The molecule has 10 nitrogen and oxygen atoms in total. The number of hydrogen-bond donors (Lipinski definition) is 0.